The van der Waals surface area contributed by atoms with Crippen molar-refractivity contribution in [1.82, 2.24) is 4.90 Å². The van der Waals surface area contributed by atoms with Crippen molar-refractivity contribution >= 4 is 28.2 Å². The molecule has 2 rings (SSSR count). The first-order chi connectivity index (χ1) is 9.08. The third-order valence-electron chi connectivity index (χ3n) is 3.22. The van der Waals surface area contributed by atoms with Gasteiger partial charge in [0, 0.05) is 17.8 Å². The van der Waals surface area contributed by atoms with Gasteiger partial charge < -0.3 is 15.4 Å². The molecule has 2 heterocycles. The number of hydrogen-bond donors (Lipinski definition) is 1. The number of carbonyl (C=O) groups is 2. The van der Waals surface area contributed by atoms with Gasteiger partial charge in [-0.25, -0.2) is 4.79 Å². The Balaban J connectivity index is 2.27. The van der Waals surface area contributed by atoms with Gasteiger partial charge in [0.25, 0.3) is 0 Å². The summed E-state index contributed by atoms with van der Waals surface area (Å²) in [5.41, 5.74) is 7.38. The first-order valence-corrected chi connectivity index (χ1v) is 7.25. The number of rotatable bonds is 3. The molecule has 0 spiro atoms. The van der Waals surface area contributed by atoms with Crippen LogP contribution in [0.15, 0.2) is 0 Å². The van der Waals surface area contributed by atoms with Crippen molar-refractivity contribution in [3.05, 3.63) is 16.0 Å². The molecule has 0 unspecified atom stereocenters. The Hall–Kier alpha value is -1.56. The van der Waals surface area contributed by atoms with E-state index in [4.69, 9.17) is 10.5 Å². The number of nitrogens with two attached hydrogens (primary N) is 1. The van der Waals surface area contributed by atoms with E-state index in [1.54, 1.807) is 6.92 Å². The summed E-state index contributed by atoms with van der Waals surface area (Å²) < 4.78 is 5.04. The lowest BCUT2D eigenvalue weighted by atomic mass is 10.0. The second-order valence-electron chi connectivity index (χ2n) is 4.38. The predicted molar refractivity (Wildman–Crippen MR) is 74.1 cm³/mol. The van der Waals surface area contributed by atoms with Crippen molar-refractivity contribution in [2.24, 2.45) is 0 Å². The van der Waals surface area contributed by atoms with Gasteiger partial charge in [-0.3, -0.25) is 4.79 Å². The number of thiophene rings is 1. The zero-order valence-electron chi connectivity index (χ0n) is 11.2. The van der Waals surface area contributed by atoms with E-state index in [1.165, 1.54) is 11.3 Å². The molecule has 1 amide bonds. The molecule has 0 atom stereocenters. The van der Waals surface area contributed by atoms with Crippen molar-refractivity contribution < 1.29 is 14.3 Å². The number of anilines is 1. The lowest BCUT2D eigenvalue weighted by molar-refractivity contribution is -0.131. The van der Waals surface area contributed by atoms with E-state index >= 15 is 0 Å². The van der Waals surface area contributed by atoms with E-state index in [0.717, 1.165) is 10.4 Å². The monoisotopic (exact) mass is 282 g/mol. The van der Waals surface area contributed by atoms with Crippen molar-refractivity contribution in [3.63, 3.8) is 0 Å². The largest absolute Gasteiger partial charge is 0.462 e. The first-order valence-electron chi connectivity index (χ1n) is 6.43. The maximum atomic E-state index is 11.9. The number of carbonyl (C=O) groups excluding carboxylic acids is 2. The van der Waals surface area contributed by atoms with Gasteiger partial charge in [-0.05, 0) is 18.9 Å². The summed E-state index contributed by atoms with van der Waals surface area (Å²) in [5.74, 6) is -0.219. The van der Waals surface area contributed by atoms with Crippen molar-refractivity contribution in [3.8, 4) is 0 Å². The summed E-state index contributed by atoms with van der Waals surface area (Å²) in [6.07, 6.45) is 1.17. The topological polar surface area (TPSA) is 72.6 Å². The van der Waals surface area contributed by atoms with Gasteiger partial charge in [-0.2, -0.15) is 0 Å². The van der Waals surface area contributed by atoms with E-state index in [0.29, 0.717) is 43.1 Å². The van der Waals surface area contributed by atoms with Crippen molar-refractivity contribution in [2.45, 2.75) is 33.2 Å². The summed E-state index contributed by atoms with van der Waals surface area (Å²) in [4.78, 5) is 26.4. The molecule has 0 aliphatic carbocycles. The fourth-order valence-corrected chi connectivity index (χ4v) is 3.41. The van der Waals surface area contributed by atoms with Crippen LogP contribution in [0.4, 0.5) is 5.00 Å². The highest BCUT2D eigenvalue weighted by atomic mass is 32.1. The lowest BCUT2D eigenvalue weighted by Gasteiger charge is -2.26. The zero-order chi connectivity index (χ0) is 14.0. The minimum atomic E-state index is -0.354. The van der Waals surface area contributed by atoms with Crippen LogP contribution < -0.4 is 5.73 Å². The van der Waals surface area contributed by atoms with Crippen LogP contribution in [0.2, 0.25) is 0 Å². The standard InChI is InChI=1S/C13H18N2O3S/c1-3-10(16)15-6-5-8-9(7-15)19-12(14)11(8)13(17)18-4-2/h3-7,14H2,1-2H3. The number of amides is 1. The number of fused-ring (bicyclic) bond motifs is 1. The number of esters is 1. The molecule has 104 valence electrons. The average molecular weight is 282 g/mol. The Labute approximate surface area is 116 Å². The molecule has 0 saturated heterocycles. The highest BCUT2D eigenvalue weighted by molar-refractivity contribution is 7.16. The van der Waals surface area contributed by atoms with Crippen LogP contribution in [-0.2, 0) is 22.5 Å². The summed E-state index contributed by atoms with van der Waals surface area (Å²) in [5, 5.41) is 0.495. The molecule has 1 aliphatic heterocycles. The molecular formula is C13H18N2O3S. The number of nitrogens with zero attached hydrogens (tertiary/aromatic N) is 1. The smallest absolute Gasteiger partial charge is 0.341 e. The van der Waals surface area contributed by atoms with Gasteiger partial charge in [-0.15, -0.1) is 11.3 Å². The summed E-state index contributed by atoms with van der Waals surface area (Å²) in [6, 6.07) is 0. The molecule has 2 N–H and O–H groups in total. The fourth-order valence-electron chi connectivity index (χ4n) is 2.29. The summed E-state index contributed by atoms with van der Waals surface area (Å²) >= 11 is 1.39. The highest BCUT2D eigenvalue weighted by Crippen LogP contribution is 2.35. The van der Waals surface area contributed by atoms with E-state index in [2.05, 4.69) is 0 Å². The first kappa shape index (κ1) is 13.9. The molecule has 0 saturated carbocycles. The second-order valence-corrected chi connectivity index (χ2v) is 5.52. The van der Waals surface area contributed by atoms with E-state index in [-0.39, 0.29) is 11.9 Å². The van der Waals surface area contributed by atoms with Crippen LogP contribution in [0.1, 0.15) is 41.1 Å². The number of hydrogen-bond acceptors (Lipinski definition) is 5. The van der Waals surface area contributed by atoms with Crippen LogP contribution >= 0.6 is 11.3 Å². The Morgan fingerprint density at radius 3 is 2.79 bits per heavy atom. The van der Waals surface area contributed by atoms with Crippen LogP contribution in [0.3, 0.4) is 0 Å². The Bertz CT molecular complexity index is 510. The van der Waals surface area contributed by atoms with E-state index in [1.807, 2.05) is 11.8 Å². The van der Waals surface area contributed by atoms with Gasteiger partial charge in [-0.1, -0.05) is 6.92 Å². The molecule has 0 bridgehead atoms. The molecule has 1 aromatic heterocycles. The molecule has 19 heavy (non-hydrogen) atoms. The Morgan fingerprint density at radius 1 is 1.42 bits per heavy atom. The molecule has 1 aromatic rings. The average Bonchev–Trinajstić information content (AvgIpc) is 2.72. The summed E-state index contributed by atoms with van der Waals surface area (Å²) in [7, 11) is 0. The van der Waals surface area contributed by atoms with Gasteiger partial charge in [0.15, 0.2) is 0 Å². The Morgan fingerprint density at radius 2 is 2.16 bits per heavy atom. The van der Waals surface area contributed by atoms with Crippen LogP contribution in [0.5, 0.6) is 0 Å². The normalized spacial score (nSPS) is 14.1. The summed E-state index contributed by atoms with van der Waals surface area (Å²) in [6.45, 7) is 5.15. The highest BCUT2D eigenvalue weighted by Gasteiger charge is 2.28. The van der Waals surface area contributed by atoms with Gasteiger partial charge in [0.1, 0.15) is 5.00 Å². The maximum absolute atomic E-state index is 11.9. The molecule has 0 radical (unpaired) electrons. The molecule has 0 fully saturated rings. The zero-order valence-corrected chi connectivity index (χ0v) is 12.0. The number of ether oxygens (including phenoxy) is 1. The van der Waals surface area contributed by atoms with E-state index in [9.17, 15) is 9.59 Å². The van der Waals surface area contributed by atoms with Crippen LogP contribution in [0, 0.1) is 0 Å². The fraction of sp³-hybridized carbons (Fsp3) is 0.538. The molecule has 0 aromatic carbocycles. The maximum Gasteiger partial charge on any atom is 0.341 e. The molecule has 5 nitrogen and oxygen atoms in total. The van der Waals surface area contributed by atoms with Crippen LogP contribution in [0.25, 0.3) is 0 Å². The van der Waals surface area contributed by atoms with Gasteiger partial charge in [0.2, 0.25) is 5.91 Å². The second kappa shape index (κ2) is 5.61. The van der Waals surface area contributed by atoms with Crippen molar-refractivity contribution in [2.75, 3.05) is 18.9 Å². The minimum absolute atomic E-state index is 0.135. The number of nitrogen functional groups attached to an aromatic ring is 1. The SMILES string of the molecule is CCOC(=O)c1c(N)sc2c1CCN(C(=O)CC)C2. The quantitative estimate of drug-likeness (QED) is 0.858. The van der Waals surface area contributed by atoms with Crippen LogP contribution in [-0.4, -0.2) is 29.9 Å². The van der Waals surface area contributed by atoms with Gasteiger partial charge in [0.05, 0.1) is 18.7 Å². The predicted octanol–water partition coefficient (Wildman–Crippen LogP) is 1.80. The molecule has 1 aliphatic rings. The Kier molecular flexibility index (Phi) is 4.09. The third-order valence-corrected chi connectivity index (χ3v) is 4.26. The molecule has 6 heteroatoms. The lowest BCUT2D eigenvalue weighted by Crippen LogP contribution is -2.35. The minimum Gasteiger partial charge on any atom is -0.462 e. The van der Waals surface area contributed by atoms with E-state index < -0.39 is 0 Å². The third kappa shape index (κ3) is 2.58. The molecular weight excluding hydrogens is 264 g/mol. The van der Waals surface area contributed by atoms with Crippen molar-refractivity contribution in [1.29, 1.82) is 0 Å². The van der Waals surface area contributed by atoms with Gasteiger partial charge >= 0.3 is 5.97 Å².